The van der Waals surface area contributed by atoms with Crippen molar-refractivity contribution < 1.29 is 22.8 Å². The highest BCUT2D eigenvalue weighted by atomic mass is 19.2. The van der Waals surface area contributed by atoms with Crippen LogP contribution in [0.3, 0.4) is 0 Å². The third-order valence-corrected chi connectivity index (χ3v) is 4.92. The molecule has 8 heteroatoms. The lowest BCUT2D eigenvalue weighted by Gasteiger charge is -2.32. The van der Waals surface area contributed by atoms with E-state index in [1.807, 2.05) is 7.05 Å². The summed E-state index contributed by atoms with van der Waals surface area (Å²) in [5.74, 6) is -4.53. The van der Waals surface area contributed by atoms with E-state index in [9.17, 15) is 22.8 Å². The maximum atomic E-state index is 13.4. The average Bonchev–Trinajstić information content (AvgIpc) is 2.75. The molecule has 1 saturated heterocycles. The fourth-order valence-electron chi connectivity index (χ4n) is 3.07. The van der Waals surface area contributed by atoms with Crippen LogP contribution >= 0.6 is 0 Å². The molecule has 158 valence electrons. The van der Waals surface area contributed by atoms with Gasteiger partial charge in [-0.1, -0.05) is 24.3 Å². The summed E-state index contributed by atoms with van der Waals surface area (Å²) in [4.78, 5) is 27.9. The molecule has 0 spiro atoms. The van der Waals surface area contributed by atoms with Gasteiger partial charge in [0.05, 0.1) is 6.54 Å². The zero-order chi connectivity index (χ0) is 21.7. The molecular formula is C22H22F3N3O2. The van der Waals surface area contributed by atoms with Crippen molar-refractivity contribution in [2.24, 2.45) is 0 Å². The Hall–Kier alpha value is -3.13. The van der Waals surface area contributed by atoms with Crippen molar-refractivity contribution in [2.75, 3.05) is 39.8 Å². The molecule has 3 rings (SSSR count). The number of benzene rings is 2. The van der Waals surface area contributed by atoms with Crippen LogP contribution in [0.15, 0.2) is 42.5 Å². The van der Waals surface area contributed by atoms with Crippen LogP contribution in [0.4, 0.5) is 13.2 Å². The second-order valence-electron chi connectivity index (χ2n) is 7.11. The number of carbonyl (C=O) groups excluding carboxylic acids is 2. The minimum atomic E-state index is -1.50. The number of hydrogen-bond acceptors (Lipinski definition) is 3. The van der Waals surface area contributed by atoms with Crippen molar-refractivity contribution in [1.29, 1.82) is 0 Å². The van der Waals surface area contributed by atoms with Gasteiger partial charge in [0.2, 0.25) is 11.8 Å². The van der Waals surface area contributed by atoms with Gasteiger partial charge in [-0.2, -0.15) is 0 Å². The lowest BCUT2D eigenvalue weighted by atomic mass is 10.0. The lowest BCUT2D eigenvalue weighted by Crippen LogP contribution is -2.49. The van der Waals surface area contributed by atoms with E-state index in [1.54, 1.807) is 35.2 Å². The summed E-state index contributed by atoms with van der Waals surface area (Å²) >= 11 is 0. The molecule has 0 aliphatic carbocycles. The molecule has 5 nitrogen and oxygen atoms in total. The van der Waals surface area contributed by atoms with Crippen LogP contribution in [0.1, 0.15) is 5.56 Å². The van der Waals surface area contributed by atoms with Crippen LogP contribution in [-0.4, -0.2) is 61.4 Å². The molecule has 0 unspecified atom stereocenters. The van der Waals surface area contributed by atoms with E-state index in [1.165, 1.54) is 6.08 Å². The van der Waals surface area contributed by atoms with Gasteiger partial charge in [-0.05, 0) is 41.9 Å². The van der Waals surface area contributed by atoms with Crippen molar-refractivity contribution in [1.82, 2.24) is 15.1 Å². The summed E-state index contributed by atoms with van der Waals surface area (Å²) in [6.07, 6.45) is 2.87. The Bertz CT molecular complexity index is 930. The first-order valence-electron chi connectivity index (χ1n) is 9.50. The van der Waals surface area contributed by atoms with Crippen molar-refractivity contribution in [2.45, 2.75) is 0 Å². The van der Waals surface area contributed by atoms with E-state index in [0.717, 1.165) is 25.2 Å². The second kappa shape index (κ2) is 9.58. The number of amides is 2. The zero-order valence-electron chi connectivity index (χ0n) is 16.5. The predicted molar refractivity (Wildman–Crippen MR) is 108 cm³/mol. The monoisotopic (exact) mass is 417 g/mol. The highest BCUT2D eigenvalue weighted by Crippen LogP contribution is 2.24. The van der Waals surface area contributed by atoms with Crippen molar-refractivity contribution in [3.8, 4) is 11.1 Å². The van der Waals surface area contributed by atoms with Gasteiger partial charge in [-0.25, -0.2) is 13.2 Å². The fourth-order valence-corrected chi connectivity index (χ4v) is 3.07. The molecule has 30 heavy (non-hydrogen) atoms. The molecular weight excluding hydrogens is 395 g/mol. The van der Waals surface area contributed by atoms with E-state index in [-0.39, 0.29) is 18.0 Å². The molecule has 1 fully saturated rings. The quantitative estimate of drug-likeness (QED) is 0.601. The van der Waals surface area contributed by atoms with E-state index in [4.69, 9.17) is 0 Å². The lowest BCUT2D eigenvalue weighted by molar-refractivity contribution is -0.133. The summed E-state index contributed by atoms with van der Waals surface area (Å²) in [6.45, 7) is 2.86. The summed E-state index contributed by atoms with van der Waals surface area (Å²) < 4.78 is 39.8. The van der Waals surface area contributed by atoms with Crippen molar-refractivity contribution >= 4 is 17.9 Å². The van der Waals surface area contributed by atoms with Crippen LogP contribution < -0.4 is 5.32 Å². The largest absolute Gasteiger partial charge is 0.343 e. The normalized spacial score (nSPS) is 14.9. The van der Waals surface area contributed by atoms with E-state index >= 15 is 0 Å². The molecule has 1 aliphatic heterocycles. The topological polar surface area (TPSA) is 52.6 Å². The van der Waals surface area contributed by atoms with Crippen LogP contribution in [0.2, 0.25) is 0 Å². The van der Waals surface area contributed by atoms with Gasteiger partial charge in [-0.3, -0.25) is 9.59 Å². The maximum absolute atomic E-state index is 13.4. The Balaban J connectivity index is 1.53. The Morgan fingerprint density at radius 2 is 1.57 bits per heavy atom. The summed E-state index contributed by atoms with van der Waals surface area (Å²) in [5, 5.41) is 2.57. The maximum Gasteiger partial charge on any atom is 0.244 e. The molecule has 1 heterocycles. The van der Waals surface area contributed by atoms with E-state index in [2.05, 4.69) is 10.2 Å². The highest BCUT2D eigenvalue weighted by molar-refractivity contribution is 5.94. The Morgan fingerprint density at radius 3 is 2.17 bits per heavy atom. The van der Waals surface area contributed by atoms with Crippen LogP contribution in [0, 0.1) is 17.5 Å². The first-order valence-corrected chi connectivity index (χ1v) is 9.50. The molecule has 0 radical (unpaired) electrons. The number of hydrogen-bond donors (Lipinski definition) is 1. The minimum Gasteiger partial charge on any atom is -0.343 e. The Morgan fingerprint density at radius 1 is 0.967 bits per heavy atom. The molecule has 2 aromatic carbocycles. The molecule has 1 aliphatic rings. The van der Waals surface area contributed by atoms with E-state index < -0.39 is 23.4 Å². The van der Waals surface area contributed by atoms with Gasteiger partial charge in [0, 0.05) is 32.3 Å². The Kier molecular flexibility index (Phi) is 6.89. The zero-order valence-corrected chi connectivity index (χ0v) is 16.5. The van der Waals surface area contributed by atoms with E-state index in [0.29, 0.717) is 24.2 Å². The number of carbonyl (C=O) groups is 2. The van der Waals surface area contributed by atoms with Gasteiger partial charge in [0.25, 0.3) is 0 Å². The smallest absolute Gasteiger partial charge is 0.244 e. The van der Waals surface area contributed by atoms with Crippen LogP contribution in [0.25, 0.3) is 17.2 Å². The number of piperazine rings is 1. The first kappa shape index (κ1) is 21.6. The van der Waals surface area contributed by atoms with Gasteiger partial charge in [0.1, 0.15) is 0 Å². The highest BCUT2D eigenvalue weighted by Gasteiger charge is 2.18. The standard InChI is InChI=1S/C22H22F3N3O2/c1-27-8-10-28(11-9-27)21(30)14-26-20(29)7-4-15-2-5-16(6-3-15)17-12-18(23)22(25)19(24)13-17/h2-7,12-13H,8-11,14H2,1H3,(H,26,29)/b7-4+. The number of nitrogens with one attached hydrogen (secondary N) is 1. The predicted octanol–water partition coefficient (Wildman–Crippen LogP) is 2.67. The summed E-state index contributed by atoms with van der Waals surface area (Å²) in [5.41, 5.74) is 1.40. The van der Waals surface area contributed by atoms with Crippen LogP contribution in [-0.2, 0) is 9.59 Å². The number of rotatable bonds is 5. The molecule has 0 aromatic heterocycles. The van der Waals surface area contributed by atoms with Gasteiger partial charge in [0.15, 0.2) is 17.5 Å². The number of halogens is 3. The third kappa shape index (κ3) is 5.48. The second-order valence-corrected chi connectivity index (χ2v) is 7.11. The number of likely N-dealkylation sites (N-methyl/N-ethyl adjacent to an activating group) is 1. The van der Waals surface area contributed by atoms with Crippen LogP contribution in [0.5, 0.6) is 0 Å². The van der Waals surface area contributed by atoms with Gasteiger partial charge < -0.3 is 15.1 Å². The molecule has 0 saturated carbocycles. The Labute approximate surface area is 172 Å². The van der Waals surface area contributed by atoms with Gasteiger partial charge in [-0.15, -0.1) is 0 Å². The van der Waals surface area contributed by atoms with Gasteiger partial charge >= 0.3 is 0 Å². The first-order chi connectivity index (χ1) is 14.3. The summed E-state index contributed by atoms with van der Waals surface area (Å²) in [6, 6.07) is 8.39. The van der Waals surface area contributed by atoms with Crippen molar-refractivity contribution in [3.05, 3.63) is 65.5 Å². The SMILES string of the molecule is CN1CCN(C(=O)CNC(=O)/C=C/c2ccc(-c3cc(F)c(F)c(F)c3)cc2)CC1. The van der Waals surface area contributed by atoms with Crippen molar-refractivity contribution in [3.63, 3.8) is 0 Å². The molecule has 0 bridgehead atoms. The average molecular weight is 417 g/mol. The molecule has 0 atom stereocenters. The third-order valence-electron chi connectivity index (χ3n) is 4.92. The molecule has 2 amide bonds. The molecule has 1 N–H and O–H groups in total. The summed E-state index contributed by atoms with van der Waals surface area (Å²) in [7, 11) is 2.00. The molecule has 2 aromatic rings. The fraction of sp³-hybridized carbons (Fsp3) is 0.273. The number of nitrogens with zero attached hydrogens (tertiary/aromatic N) is 2. The minimum absolute atomic E-state index is 0.0620.